The van der Waals surface area contributed by atoms with E-state index in [2.05, 4.69) is 6.92 Å². The monoisotopic (exact) mass is 316 g/mol. The van der Waals surface area contributed by atoms with Crippen molar-refractivity contribution in [1.82, 2.24) is 0 Å². The quantitative estimate of drug-likeness (QED) is 0.695. The van der Waals surface area contributed by atoms with Crippen LogP contribution in [0.5, 0.6) is 0 Å². The first-order valence-electron chi connectivity index (χ1n) is 8.14. The molecule has 0 aromatic heterocycles. The lowest BCUT2D eigenvalue weighted by Gasteiger charge is -2.33. The molecule has 24 heavy (non-hydrogen) atoms. The van der Waals surface area contributed by atoms with E-state index in [1.807, 2.05) is 84.9 Å². The number of benzene rings is 3. The van der Waals surface area contributed by atoms with Gasteiger partial charge in [-0.05, 0) is 28.7 Å². The maximum absolute atomic E-state index is 12.7. The van der Waals surface area contributed by atoms with E-state index in [0.29, 0.717) is 0 Å². The highest BCUT2D eigenvalue weighted by molar-refractivity contribution is 5.91. The maximum Gasteiger partial charge on any atom is 0.323 e. The predicted molar refractivity (Wildman–Crippen MR) is 96.2 cm³/mol. The van der Waals surface area contributed by atoms with Gasteiger partial charge in [0.05, 0.1) is 0 Å². The molecule has 2 heteroatoms. The topological polar surface area (TPSA) is 37.3 Å². The fourth-order valence-corrected chi connectivity index (χ4v) is 3.41. The summed E-state index contributed by atoms with van der Waals surface area (Å²) in [4.78, 5) is 12.7. The molecule has 0 saturated heterocycles. The Morgan fingerprint density at radius 2 is 1.25 bits per heavy atom. The van der Waals surface area contributed by atoms with Crippen LogP contribution in [0.4, 0.5) is 0 Å². The molecule has 0 radical (unpaired) electrons. The molecule has 0 unspecified atom stereocenters. The average molecular weight is 316 g/mol. The Bertz CT molecular complexity index is 783. The molecule has 0 bridgehead atoms. The van der Waals surface area contributed by atoms with Crippen LogP contribution in [-0.2, 0) is 16.6 Å². The zero-order valence-corrected chi connectivity index (χ0v) is 13.6. The number of carboxylic acids is 1. The van der Waals surface area contributed by atoms with Crippen molar-refractivity contribution < 1.29 is 9.90 Å². The molecule has 120 valence electrons. The molecule has 3 rings (SSSR count). The third-order valence-electron chi connectivity index (χ3n) is 4.54. The van der Waals surface area contributed by atoms with Gasteiger partial charge in [-0.15, -0.1) is 0 Å². The van der Waals surface area contributed by atoms with Gasteiger partial charge in [0.15, 0.2) is 0 Å². The van der Waals surface area contributed by atoms with Gasteiger partial charge in [0.25, 0.3) is 0 Å². The molecule has 0 atom stereocenters. The zero-order valence-electron chi connectivity index (χ0n) is 13.6. The Morgan fingerprint density at radius 3 is 1.71 bits per heavy atom. The molecule has 1 N–H and O–H groups in total. The minimum absolute atomic E-state index is 0.768. The molecule has 0 aliphatic rings. The van der Waals surface area contributed by atoms with Crippen LogP contribution in [0.3, 0.4) is 0 Å². The molecule has 3 aromatic rings. The van der Waals surface area contributed by atoms with Crippen LogP contribution in [0.2, 0.25) is 0 Å². The van der Waals surface area contributed by atoms with Crippen LogP contribution in [0.25, 0.3) is 0 Å². The SMILES string of the molecule is CCc1ccccc1C(C(=O)O)(c1ccccc1)c1ccccc1. The zero-order chi connectivity index (χ0) is 17.0. The van der Waals surface area contributed by atoms with Crippen molar-refractivity contribution in [3.05, 3.63) is 107 Å². The number of hydrogen-bond donors (Lipinski definition) is 1. The summed E-state index contributed by atoms with van der Waals surface area (Å²) in [5.41, 5.74) is 2.20. The smallest absolute Gasteiger partial charge is 0.323 e. The second kappa shape index (κ2) is 6.71. The van der Waals surface area contributed by atoms with Crippen LogP contribution in [0.15, 0.2) is 84.9 Å². The van der Waals surface area contributed by atoms with E-state index in [0.717, 1.165) is 28.7 Å². The first kappa shape index (κ1) is 16.0. The van der Waals surface area contributed by atoms with Crippen LogP contribution in [0, 0.1) is 0 Å². The lowest BCUT2D eigenvalue weighted by atomic mass is 9.68. The van der Waals surface area contributed by atoms with Crippen molar-refractivity contribution in [3.63, 3.8) is 0 Å². The van der Waals surface area contributed by atoms with Gasteiger partial charge >= 0.3 is 5.97 Å². The lowest BCUT2D eigenvalue weighted by Crippen LogP contribution is -2.39. The van der Waals surface area contributed by atoms with Crippen molar-refractivity contribution in [3.8, 4) is 0 Å². The van der Waals surface area contributed by atoms with Gasteiger partial charge in [-0.25, -0.2) is 0 Å². The second-order valence-corrected chi connectivity index (χ2v) is 5.80. The molecule has 3 aromatic carbocycles. The van der Waals surface area contributed by atoms with Gasteiger partial charge < -0.3 is 5.11 Å². The van der Waals surface area contributed by atoms with Crippen molar-refractivity contribution in [2.24, 2.45) is 0 Å². The molecule has 0 amide bonds. The molecule has 0 heterocycles. The number of rotatable bonds is 5. The molecule has 0 saturated carbocycles. The van der Waals surface area contributed by atoms with Crippen LogP contribution < -0.4 is 0 Å². The largest absolute Gasteiger partial charge is 0.480 e. The van der Waals surface area contributed by atoms with E-state index in [4.69, 9.17) is 0 Å². The van der Waals surface area contributed by atoms with E-state index in [1.54, 1.807) is 0 Å². The minimum Gasteiger partial charge on any atom is -0.480 e. The van der Waals surface area contributed by atoms with Crippen molar-refractivity contribution >= 4 is 5.97 Å². The molecule has 0 aliphatic heterocycles. The fraction of sp³-hybridized carbons (Fsp3) is 0.136. The van der Waals surface area contributed by atoms with Crippen LogP contribution in [-0.4, -0.2) is 11.1 Å². The van der Waals surface area contributed by atoms with Crippen LogP contribution in [0.1, 0.15) is 29.2 Å². The summed E-state index contributed by atoms with van der Waals surface area (Å²) in [6.45, 7) is 2.06. The van der Waals surface area contributed by atoms with E-state index < -0.39 is 11.4 Å². The van der Waals surface area contributed by atoms with E-state index in [-0.39, 0.29) is 0 Å². The van der Waals surface area contributed by atoms with Gasteiger partial charge in [0.2, 0.25) is 0 Å². The maximum atomic E-state index is 12.7. The molecular formula is C22H20O2. The molecule has 0 spiro atoms. The van der Waals surface area contributed by atoms with Crippen molar-refractivity contribution in [2.75, 3.05) is 0 Å². The minimum atomic E-state index is -1.21. The van der Waals surface area contributed by atoms with Gasteiger partial charge in [-0.2, -0.15) is 0 Å². The average Bonchev–Trinajstić information content (AvgIpc) is 2.64. The fourth-order valence-electron chi connectivity index (χ4n) is 3.41. The summed E-state index contributed by atoms with van der Waals surface area (Å²) < 4.78 is 0. The normalized spacial score (nSPS) is 11.2. The van der Waals surface area contributed by atoms with Crippen molar-refractivity contribution in [2.45, 2.75) is 18.8 Å². The Hall–Kier alpha value is -2.87. The lowest BCUT2D eigenvalue weighted by molar-refractivity contribution is -0.140. The molecule has 2 nitrogen and oxygen atoms in total. The second-order valence-electron chi connectivity index (χ2n) is 5.80. The Labute approximate surface area is 142 Å². The van der Waals surface area contributed by atoms with E-state index in [1.165, 1.54) is 0 Å². The Balaban J connectivity index is 2.42. The summed E-state index contributed by atoms with van der Waals surface area (Å²) in [5.74, 6) is -0.860. The third-order valence-corrected chi connectivity index (χ3v) is 4.54. The third kappa shape index (κ3) is 2.50. The molecule has 0 aliphatic carbocycles. The number of aliphatic carboxylic acids is 1. The summed E-state index contributed by atoms with van der Waals surface area (Å²) >= 11 is 0. The highest BCUT2D eigenvalue weighted by Crippen LogP contribution is 2.41. The standard InChI is InChI=1S/C22H20O2/c1-2-17-11-9-10-16-20(17)22(21(23)24,18-12-5-3-6-13-18)19-14-7-4-8-15-19/h3-16H,2H2,1H3,(H,23,24). The number of aryl methyl sites for hydroxylation is 1. The number of carbonyl (C=O) groups is 1. The van der Waals surface area contributed by atoms with E-state index in [9.17, 15) is 9.90 Å². The van der Waals surface area contributed by atoms with Gasteiger partial charge in [0, 0.05) is 0 Å². The Morgan fingerprint density at radius 1 is 0.792 bits per heavy atom. The molecule has 0 fully saturated rings. The van der Waals surface area contributed by atoms with Gasteiger partial charge in [-0.3, -0.25) is 4.79 Å². The molecular weight excluding hydrogens is 296 g/mol. The summed E-state index contributed by atoms with van der Waals surface area (Å²) in [5, 5.41) is 10.4. The summed E-state index contributed by atoms with van der Waals surface area (Å²) in [6.07, 6.45) is 0.783. The predicted octanol–water partition coefficient (Wildman–Crippen LogP) is 4.67. The first-order valence-corrected chi connectivity index (χ1v) is 8.14. The Kier molecular flexibility index (Phi) is 4.48. The van der Waals surface area contributed by atoms with Gasteiger partial charge in [-0.1, -0.05) is 91.9 Å². The number of carboxylic acid groups (broad SMARTS) is 1. The summed E-state index contributed by atoms with van der Waals surface area (Å²) in [7, 11) is 0. The first-order chi connectivity index (χ1) is 11.7. The summed E-state index contributed by atoms with van der Waals surface area (Å²) in [6, 6.07) is 26.8. The van der Waals surface area contributed by atoms with E-state index >= 15 is 0 Å². The number of hydrogen-bond acceptors (Lipinski definition) is 1. The van der Waals surface area contributed by atoms with Crippen molar-refractivity contribution in [1.29, 1.82) is 0 Å². The highest BCUT2D eigenvalue weighted by atomic mass is 16.4. The highest BCUT2D eigenvalue weighted by Gasteiger charge is 2.45. The van der Waals surface area contributed by atoms with Gasteiger partial charge in [0.1, 0.15) is 5.41 Å². The van der Waals surface area contributed by atoms with Crippen LogP contribution >= 0.6 is 0 Å².